The molecule has 0 atom stereocenters. The monoisotopic (exact) mass is 358 g/mol. The summed E-state index contributed by atoms with van der Waals surface area (Å²) in [4.78, 5) is 23.6. The number of benzene rings is 1. The van der Waals surface area contributed by atoms with E-state index in [-0.39, 0.29) is 5.91 Å². The smallest absolute Gasteiger partial charge is 0.228 e. The van der Waals surface area contributed by atoms with Crippen LogP contribution in [-0.4, -0.2) is 61.0 Å². The molecule has 1 aliphatic rings. The first-order chi connectivity index (χ1) is 12.0. The van der Waals surface area contributed by atoms with Crippen LogP contribution in [0.4, 0.5) is 5.69 Å². The molecule has 0 radical (unpaired) electrons. The second-order valence-corrected chi connectivity index (χ2v) is 7.80. The Morgan fingerprint density at radius 1 is 1.24 bits per heavy atom. The van der Waals surface area contributed by atoms with Gasteiger partial charge in [0.25, 0.3) is 0 Å². The number of amides is 1. The number of carbonyl (C=O) groups is 1. The van der Waals surface area contributed by atoms with Crippen molar-refractivity contribution in [3.8, 4) is 0 Å². The molecule has 0 N–H and O–H groups in total. The minimum atomic E-state index is 0.186. The summed E-state index contributed by atoms with van der Waals surface area (Å²) in [5, 5.41) is 3.08. The Bertz CT molecular complexity index is 720. The molecular formula is C19H26N4OS. The fourth-order valence-electron chi connectivity index (χ4n) is 3.08. The molecule has 1 amide bonds. The largest absolute Gasteiger partial charge is 0.368 e. The van der Waals surface area contributed by atoms with Crippen LogP contribution in [0.2, 0.25) is 0 Å². The first-order valence-electron chi connectivity index (χ1n) is 8.68. The molecule has 0 spiro atoms. The number of thiazole rings is 1. The summed E-state index contributed by atoms with van der Waals surface area (Å²) in [5.74, 6) is 0.186. The lowest BCUT2D eigenvalue weighted by Gasteiger charge is -2.36. The van der Waals surface area contributed by atoms with Crippen LogP contribution in [0.3, 0.4) is 0 Å². The predicted octanol–water partition coefficient (Wildman–Crippen LogP) is 2.40. The fraction of sp³-hybridized carbons (Fsp3) is 0.474. The molecule has 1 fully saturated rings. The maximum Gasteiger partial charge on any atom is 0.228 e. The van der Waals surface area contributed by atoms with Crippen molar-refractivity contribution in [3.63, 3.8) is 0 Å². The molecule has 0 saturated carbocycles. The van der Waals surface area contributed by atoms with E-state index >= 15 is 0 Å². The molecule has 2 aromatic rings. The summed E-state index contributed by atoms with van der Waals surface area (Å²) in [6.45, 7) is 6.27. The minimum Gasteiger partial charge on any atom is -0.368 e. The third kappa shape index (κ3) is 4.80. The van der Waals surface area contributed by atoms with Gasteiger partial charge in [-0.1, -0.05) is 12.1 Å². The van der Waals surface area contributed by atoms with Crippen molar-refractivity contribution in [2.24, 2.45) is 0 Å². The van der Waals surface area contributed by atoms with Gasteiger partial charge in [0.15, 0.2) is 0 Å². The van der Waals surface area contributed by atoms with E-state index in [2.05, 4.69) is 46.0 Å². The van der Waals surface area contributed by atoms with Gasteiger partial charge in [-0.3, -0.25) is 4.79 Å². The third-order valence-electron chi connectivity index (χ3n) is 4.38. The van der Waals surface area contributed by atoms with Crippen molar-refractivity contribution in [2.75, 3.05) is 45.2 Å². The maximum absolute atomic E-state index is 12.6. The number of aromatic nitrogens is 1. The van der Waals surface area contributed by atoms with Crippen LogP contribution in [-0.2, 0) is 17.8 Å². The first kappa shape index (κ1) is 17.9. The van der Waals surface area contributed by atoms with E-state index in [4.69, 9.17) is 0 Å². The van der Waals surface area contributed by atoms with Gasteiger partial charge in [-0.15, -0.1) is 11.3 Å². The highest BCUT2D eigenvalue weighted by Gasteiger charge is 2.22. The highest BCUT2D eigenvalue weighted by molar-refractivity contribution is 7.09. The molecule has 1 aromatic heterocycles. The van der Waals surface area contributed by atoms with Crippen molar-refractivity contribution in [1.82, 2.24) is 14.8 Å². The zero-order valence-corrected chi connectivity index (χ0v) is 16.1. The number of nitrogens with zero attached hydrogens (tertiary/aromatic N) is 4. The van der Waals surface area contributed by atoms with Gasteiger partial charge >= 0.3 is 0 Å². The molecule has 3 rings (SSSR count). The van der Waals surface area contributed by atoms with Crippen LogP contribution in [0.5, 0.6) is 0 Å². The molecule has 5 nitrogen and oxygen atoms in total. The maximum atomic E-state index is 12.6. The Hall–Kier alpha value is -1.92. The van der Waals surface area contributed by atoms with E-state index in [1.54, 1.807) is 11.3 Å². The van der Waals surface area contributed by atoms with Crippen molar-refractivity contribution >= 4 is 22.9 Å². The summed E-state index contributed by atoms with van der Waals surface area (Å²) in [6.07, 6.45) is 0.411. The van der Waals surface area contributed by atoms with Crippen molar-refractivity contribution in [2.45, 2.75) is 19.9 Å². The van der Waals surface area contributed by atoms with Gasteiger partial charge in [0.2, 0.25) is 5.91 Å². The number of carbonyl (C=O) groups excluding carboxylic acids is 1. The van der Waals surface area contributed by atoms with Gasteiger partial charge in [0, 0.05) is 43.8 Å². The second kappa shape index (κ2) is 7.97. The topological polar surface area (TPSA) is 39.7 Å². The molecular weight excluding hydrogens is 332 g/mol. The highest BCUT2D eigenvalue weighted by atomic mass is 32.1. The van der Waals surface area contributed by atoms with Crippen LogP contribution >= 0.6 is 11.3 Å². The minimum absolute atomic E-state index is 0.186. The Labute approximate surface area is 153 Å². The second-order valence-electron chi connectivity index (χ2n) is 6.85. The lowest BCUT2D eigenvalue weighted by atomic mass is 10.2. The van der Waals surface area contributed by atoms with Gasteiger partial charge in [-0.05, 0) is 38.7 Å². The van der Waals surface area contributed by atoms with E-state index in [9.17, 15) is 4.79 Å². The van der Waals surface area contributed by atoms with Gasteiger partial charge in [0.05, 0.1) is 12.1 Å². The van der Waals surface area contributed by atoms with E-state index in [1.165, 1.54) is 11.3 Å². The normalized spacial score (nSPS) is 15.0. The Morgan fingerprint density at radius 2 is 2.00 bits per heavy atom. The van der Waals surface area contributed by atoms with Crippen molar-refractivity contribution in [3.05, 3.63) is 45.9 Å². The summed E-state index contributed by atoms with van der Waals surface area (Å²) < 4.78 is 0. The number of aryl methyl sites for hydroxylation is 1. The lowest BCUT2D eigenvalue weighted by molar-refractivity contribution is -0.130. The quantitative estimate of drug-likeness (QED) is 0.823. The molecule has 0 bridgehead atoms. The average molecular weight is 359 g/mol. The summed E-state index contributed by atoms with van der Waals surface area (Å²) in [5.41, 5.74) is 3.42. The molecule has 0 aliphatic carbocycles. The molecule has 2 heterocycles. The first-order valence-corrected chi connectivity index (χ1v) is 9.56. The third-order valence-corrected chi connectivity index (χ3v) is 5.26. The van der Waals surface area contributed by atoms with Gasteiger partial charge in [-0.2, -0.15) is 0 Å². The molecule has 1 saturated heterocycles. The van der Waals surface area contributed by atoms with Crippen molar-refractivity contribution < 1.29 is 4.79 Å². The average Bonchev–Trinajstić information content (AvgIpc) is 3.01. The van der Waals surface area contributed by atoms with E-state index in [0.29, 0.717) is 6.42 Å². The standard InChI is InChI=1S/C19H26N4OS/c1-15-5-4-6-17(11-15)22-7-9-23(10-8-22)19(24)12-16-14-25-18(20-16)13-21(2)3/h4-6,11,14H,7-10,12-13H2,1-3H3. The van der Waals surface area contributed by atoms with Crippen LogP contribution in [0.1, 0.15) is 16.3 Å². The number of anilines is 1. The van der Waals surface area contributed by atoms with E-state index in [0.717, 1.165) is 43.4 Å². The molecule has 1 aromatic carbocycles. The van der Waals surface area contributed by atoms with Crippen LogP contribution < -0.4 is 4.90 Å². The number of rotatable bonds is 5. The summed E-state index contributed by atoms with van der Waals surface area (Å²) in [6, 6.07) is 8.56. The summed E-state index contributed by atoms with van der Waals surface area (Å²) >= 11 is 1.63. The Morgan fingerprint density at radius 3 is 2.68 bits per heavy atom. The number of hydrogen-bond acceptors (Lipinski definition) is 5. The van der Waals surface area contributed by atoms with Crippen LogP contribution in [0.25, 0.3) is 0 Å². The lowest BCUT2D eigenvalue weighted by Crippen LogP contribution is -2.49. The Balaban J connectivity index is 1.52. The van der Waals surface area contributed by atoms with Crippen LogP contribution in [0, 0.1) is 6.92 Å². The van der Waals surface area contributed by atoms with Gasteiger partial charge < -0.3 is 14.7 Å². The highest BCUT2D eigenvalue weighted by Crippen LogP contribution is 2.18. The molecule has 1 aliphatic heterocycles. The fourth-order valence-corrected chi connectivity index (χ4v) is 3.99. The predicted molar refractivity (Wildman–Crippen MR) is 103 cm³/mol. The van der Waals surface area contributed by atoms with Crippen molar-refractivity contribution in [1.29, 1.82) is 0 Å². The molecule has 134 valence electrons. The summed E-state index contributed by atoms with van der Waals surface area (Å²) in [7, 11) is 4.06. The van der Waals surface area contributed by atoms with E-state index in [1.807, 2.05) is 24.4 Å². The molecule has 25 heavy (non-hydrogen) atoms. The zero-order chi connectivity index (χ0) is 17.8. The molecule has 6 heteroatoms. The molecule has 0 unspecified atom stereocenters. The van der Waals surface area contributed by atoms with Gasteiger partial charge in [0.1, 0.15) is 5.01 Å². The Kier molecular flexibility index (Phi) is 5.71. The van der Waals surface area contributed by atoms with Crippen LogP contribution in [0.15, 0.2) is 29.6 Å². The SMILES string of the molecule is Cc1cccc(N2CCN(C(=O)Cc3csc(CN(C)C)n3)CC2)c1. The van der Waals surface area contributed by atoms with Gasteiger partial charge in [-0.25, -0.2) is 4.98 Å². The van der Waals surface area contributed by atoms with E-state index < -0.39 is 0 Å². The zero-order valence-electron chi connectivity index (χ0n) is 15.2. The number of hydrogen-bond donors (Lipinski definition) is 0. The number of piperazine rings is 1.